The van der Waals surface area contributed by atoms with Gasteiger partial charge in [-0.3, -0.25) is 10.2 Å². The zero-order valence-corrected chi connectivity index (χ0v) is 23.2. The Morgan fingerprint density at radius 3 is 2.44 bits per heavy atom. The molecule has 14 heteroatoms. The number of piperazine rings is 1. The van der Waals surface area contributed by atoms with E-state index in [-0.39, 0.29) is 17.7 Å². The van der Waals surface area contributed by atoms with Crippen molar-refractivity contribution in [3.63, 3.8) is 0 Å². The summed E-state index contributed by atoms with van der Waals surface area (Å²) < 4.78 is 52.8. The number of aromatic nitrogens is 2. The molecule has 2 aromatic carbocycles. The number of anilines is 2. The molecule has 0 saturated carbocycles. The van der Waals surface area contributed by atoms with E-state index < -0.39 is 6.36 Å². The Bertz CT molecular complexity index is 1430. The van der Waals surface area contributed by atoms with Gasteiger partial charge in [0, 0.05) is 55.9 Å². The van der Waals surface area contributed by atoms with Crippen molar-refractivity contribution in [1.29, 1.82) is 0 Å². The number of hydrogen-bond acceptors (Lipinski definition) is 7. The molecule has 3 aromatic rings. The van der Waals surface area contributed by atoms with Crippen LogP contribution in [0.3, 0.4) is 0 Å². The van der Waals surface area contributed by atoms with E-state index >= 15 is 0 Å². The predicted molar refractivity (Wildman–Crippen MR) is 151 cm³/mol. The molecule has 10 nitrogen and oxygen atoms in total. The van der Waals surface area contributed by atoms with Gasteiger partial charge in [-0.15, -0.1) is 13.2 Å². The van der Waals surface area contributed by atoms with E-state index in [1.165, 1.54) is 18.2 Å². The van der Waals surface area contributed by atoms with Crippen LogP contribution in [-0.2, 0) is 6.54 Å². The van der Waals surface area contributed by atoms with Crippen molar-refractivity contribution < 1.29 is 27.4 Å². The summed E-state index contributed by atoms with van der Waals surface area (Å²) in [7, 11) is 0. The van der Waals surface area contributed by atoms with Crippen LogP contribution in [0.15, 0.2) is 53.5 Å². The van der Waals surface area contributed by atoms with Crippen LogP contribution in [0, 0.1) is 13.8 Å². The number of nitrogens with zero attached hydrogens (tertiary/aromatic N) is 5. The smallest absolute Gasteiger partial charge is 0.454 e. The SMILES string of the molecule is Cc1cc(C)nc(N/C(=N/C(=S)Nc2cccc(OC(F)(F)F)c2)N2CCN(Cc3ccc4c(c3)OCO4)CC2)n1. The van der Waals surface area contributed by atoms with Gasteiger partial charge in [0.25, 0.3) is 0 Å². The summed E-state index contributed by atoms with van der Waals surface area (Å²) >= 11 is 5.45. The van der Waals surface area contributed by atoms with Gasteiger partial charge in [0.05, 0.1) is 0 Å². The average Bonchev–Trinajstić information content (AvgIpc) is 3.35. The van der Waals surface area contributed by atoms with Gasteiger partial charge in [-0.1, -0.05) is 12.1 Å². The zero-order valence-electron chi connectivity index (χ0n) is 22.4. The van der Waals surface area contributed by atoms with Crippen molar-refractivity contribution >= 4 is 34.9 Å². The Labute approximate surface area is 240 Å². The molecule has 0 unspecified atom stereocenters. The van der Waals surface area contributed by atoms with Gasteiger partial charge in [-0.25, -0.2) is 9.97 Å². The van der Waals surface area contributed by atoms with E-state index in [1.807, 2.05) is 43.0 Å². The van der Waals surface area contributed by atoms with Gasteiger partial charge in [0.1, 0.15) is 5.75 Å². The van der Waals surface area contributed by atoms with Crippen molar-refractivity contribution in [3.8, 4) is 17.2 Å². The molecule has 2 aliphatic heterocycles. The topological polar surface area (TPSA) is 96.4 Å². The summed E-state index contributed by atoms with van der Waals surface area (Å²) in [4.78, 5) is 17.8. The second kappa shape index (κ2) is 12.1. The van der Waals surface area contributed by atoms with Crippen LogP contribution in [0.25, 0.3) is 0 Å². The lowest BCUT2D eigenvalue weighted by molar-refractivity contribution is -0.274. The largest absolute Gasteiger partial charge is 0.573 e. The molecule has 0 radical (unpaired) electrons. The first-order valence-electron chi connectivity index (χ1n) is 12.8. The number of fused-ring (bicyclic) bond motifs is 1. The standard InChI is InChI=1S/C27H28F3N7O3S/c1-17-12-18(2)32-24(31-17)34-25(35-26(41)33-20-4-3-5-21(14-20)40-27(28,29)30)37-10-8-36(9-11-37)15-19-6-7-22-23(13-19)39-16-38-22/h3-7,12-14H,8-11,15-16H2,1-2H3,(H2,31,32,33,34,35,41). The summed E-state index contributed by atoms with van der Waals surface area (Å²) in [6.07, 6.45) is -4.80. The molecule has 0 atom stereocenters. The summed E-state index contributed by atoms with van der Waals surface area (Å²) in [6.45, 7) is 7.50. The summed E-state index contributed by atoms with van der Waals surface area (Å²) in [6, 6.07) is 13.2. The van der Waals surface area contributed by atoms with Crippen LogP contribution in [0.5, 0.6) is 17.2 Å². The first-order valence-corrected chi connectivity index (χ1v) is 13.2. The number of alkyl halides is 3. The number of aliphatic imine (C=N–C) groups is 1. The van der Waals surface area contributed by atoms with E-state index in [9.17, 15) is 13.2 Å². The number of rotatable bonds is 5. The minimum atomic E-state index is -4.80. The molecule has 0 bridgehead atoms. The number of thiocarbonyl (C=S) groups is 1. The number of halogens is 3. The minimum absolute atomic E-state index is 0.0452. The highest BCUT2D eigenvalue weighted by Crippen LogP contribution is 2.33. The lowest BCUT2D eigenvalue weighted by Gasteiger charge is -2.36. The minimum Gasteiger partial charge on any atom is -0.454 e. The lowest BCUT2D eigenvalue weighted by Crippen LogP contribution is -2.50. The highest BCUT2D eigenvalue weighted by atomic mass is 32.1. The number of nitrogens with one attached hydrogen (secondary N) is 2. The van der Waals surface area contributed by atoms with Gasteiger partial charge in [0.2, 0.25) is 23.8 Å². The number of benzene rings is 2. The van der Waals surface area contributed by atoms with Gasteiger partial charge >= 0.3 is 6.36 Å². The monoisotopic (exact) mass is 587 g/mol. The number of hydrogen-bond donors (Lipinski definition) is 2. The molecule has 216 valence electrons. The molecule has 0 aliphatic carbocycles. The Kier molecular flexibility index (Phi) is 8.40. The quantitative estimate of drug-likeness (QED) is 0.248. The number of ether oxygens (including phenoxy) is 3. The van der Waals surface area contributed by atoms with Crippen LogP contribution < -0.4 is 24.8 Å². The van der Waals surface area contributed by atoms with Crippen molar-refractivity contribution in [3.05, 3.63) is 65.5 Å². The molecule has 3 heterocycles. The Morgan fingerprint density at radius 2 is 1.71 bits per heavy atom. The summed E-state index contributed by atoms with van der Waals surface area (Å²) in [5.41, 5.74) is 3.00. The summed E-state index contributed by atoms with van der Waals surface area (Å²) in [5, 5.41) is 6.10. The fourth-order valence-electron chi connectivity index (χ4n) is 4.49. The van der Waals surface area contributed by atoms with Gasteiger partial charge in [0.15, 0.2) is 11.5 Å². The third kappa shape index (κ3) is 7.95. The molecular weight excluding hydrogens is 559 g/mol. The molecule has 2 N–H and O–H groups in total. The fraction of sp³-hybridized carbons (Fsp3) is 0.333. The van der Waals surface area contributed by atoms with E-state index in [1.54, 1.807) is 6.07 Å². The third-order valence-electron chi connectivity index (χ3n) is 6.25. The van der Waals surface area contributed by atoms with Crippen molar-refractivity contribution in [2.75, 3.05) is 43.6 Å². The Balaban J connectivity index is 1.28. The fourth-order valence-corrected chi connectivity index (χ4v) is 4.70. The molecule has 1 aromatic heterocycles. The highest BCUT2D eigenvalue weighted by molar-refractivity contribution is 7.80. The number of aryl methyl sites for hydroxylation is 2. The normalized spacial score (nSPS) is 15.5. The Hall–Kier alpha value is -4.17. The third-order valence-corrected chi connectivity index (χ3v) is 6.44. The number of guanidine groups is 1. The Morgan fingerprint density at radius 1 is 0.976 bits per heavy atom. The van der Waals surface area contributed by atoms with Crippen LogP contribution in [0.2, 0.25) is 0 Å². The van der Waals surface area contributed by atoms with E-state index in [2.05, 4.69) is 35.2 Å². The summed E-state index contributed by atoms with van der Waals surface area (Å²) in [5.74, 6) is 1.94. The van der Waals surface area contributed by atoms with Crippen LogP contribution in [-0.4, -0.2) is 70.2 Å². The van der Waals surface area contributed by atoms with Gasteiger partial charge < -0.3 is 24.4 Å². The van der Waals surface area contributed by atoms with E-state index in [4.69, 9.17) is 21.7 Å². The highest BCUT2D eigenvalue weighted by Gasteiger charge is 2.31. The predicted octanol–water partition coefficient (Wildman–Crippen LogP) is 4.70. The van der Waals surface area contributed by atoms with Crippen LogP contribution >= 0.6 is 12.2 Å². The van der Waals surface area contributed by atoms with Crippen molar-refractivity contribution in [2.45, 2.75) is 26.8 Å². The molecule has 0 spiro atoms. The van der Waals surface area contributed by atoms with E-state index in [0.29, 0.717) is 30.7 Å². The van der Waals surface area contributed by atoms with Gasteiger partial charge in [-0.05, 0) is 62.0 Å². The molecule has 2 aliphatic rings. The van der Waals surface area contributed by atoms with E-state index in [0.717, 1.165) is 48.1 Å². The zero-order chi connectivity index (χ0) is 29.0. The maximum absolute atomic E-state index is 12.6. The second-order valence-corrected chi connectivity index (χ2v) is 9.88. The molecule has 0 amide bonds. The molecule has 1 saturated heterocycles. The molecule has 1 fully saturated rings. The first-order chi connectivity index (χ1) is 19.6. The maximum atomic E-state index is 12.6. The average molecular weight is 588 g/mol. The molecular formula is C27H28F3N7O3S. The van der Waals surface area contributed by atoms with Crippen molar-refractivity contribution in [1.82, 2.24) is 19.8 Å². The van der Waals surface area contributed by atoms with Crippen molar-refractivity contribution in [2.24, 2.45) is 4.99 Å². The second-order valence-electron chi connectivity index (χ2n) is 9.49. The lowest BCUT2D eigenvalue weighted by atomic mass is 10.1. The van der Waals surface area contributed by atoms with Crippen LogP contribution in [0.4, 0.5) is 24.8 Å². The van der Waals surface area contributed by atoms with Gasteiger partial charge in [-0.2, -0.15) is 4.99 Å². The molecule has 41 heavy (non-hydrogen) atoms. The maximum Gasteiger partial charge on any atom is 0.573 e. The molecule has 5 rings (SSSR count). The first kappa shape index (κ1) is 28.4. The van der Waals surface area contributed by atoms with Crippen LogP contribution in [0.1, 0.15) is 17.0 Å².